The fraction of sp³-hybridized carbons (Fsp3) is 0.500. The molecule has 2 aromatic carbocycles. The minimum atomic E-state index is -1.29. The molecule has 5 unspecified atom stereocenters. The first-order valence-corrected chi connectivity index (χ1v) is 22.3. The van der Waals surface area contributed by atoms with Gasteiger partial charge >= 0.3 is 12.1 Å². The first-order valence-electron chi connectivity index (χ1n) is 21.3. The van der Waals surface area contributed by atoms with E-state index in [0.717, 1.165) is 35.5 Å². The summed E-state index contributed by atoms with van der Waals surface area (Å²) in [6, 6.07) is 12.1. The maximum atomic E-state index is 15.4. The molecule has 6 rings (SSSR count). The summed E-state index contributed by atoms with van der Waals surface area (Å²) in [5, 5.41) is 35.6. The van der Waals surface area contributed by atoms with Gasteiger partial charge in [-0.05, 0) is 62.3 Å². The SMILES string of the molecule is CC(OC(=O)NCCCCCCn1c(O)cc(SCC(N)C(=O)O)c1O)C(=O)N(CC1CNCC1F)C(c1nc(-c2cc(F)ccc2F)cn1Cc1ccccc1)C1CCOCC1. The van der Waals surface area contributed by atoms with E-state index in [4.69, 9.17) is 25.3 Å². The monoisotopic (exact) mass is 899 g/mol. The summed E-state index contributed by atoms with van der Waals surface area (Å²) in [7, 11) is 0. The number of hydrogen-bond donors (Lipinski definition) is 6. The summed E-state index contributed by atoms with van der Waals surface area (Å²) in [6.45, 7) is 3.53. The molecule has 0 aliphatic carbocycles. The number of aliphatic carboxylic acids is 1. The lowest BCUT2D eigenvalue weighted by molar-refractivity contribution is -0.145. The quantitative estimate of drug-likeness (QED) is 0.0432. The number of alkyl halides is 1. The zero-order valence-electron chi connectivity index (χ0n) is 35.1. The van der Waals surface area contributed by atoms with Crippen LogP contribution in [0.2, 0.25) is 0 Å². The Morgan fingerprint density at radius 1 is 1.06 bits per heavy atom. The van der Waals surface area contributed by atoms with E-state index in [0.29, 0.717) is 75.5 Å². The number of benzene rings is 2. The molecule has 15 nitrogen and oxygen atoms in total. The maximum absolute atomic E-state index is 15.4. The highest BCUT2D eigenvalue weighted by Crippen LogP contribution is 2.39. The highest BCUT2D eigenvalue weighted by atomic mass is 32.2. The number of nitrogens with one attached hydrogen (secondary N) is 2. The number of halogens is 3. The van der Waals surface area contributed by atoms with Gasteiger partial charge in [0.05, 0.1) is 16.6 Å². The number of carbonyl (C=O) groups excluding carboxylic acids is 2. The number of carboxylic acids is 1. The Kier molecular flexibility index (Phi) is 16.8. The molecule has 2 aliphatic rings. The average molecular weight is 900 g/mol. The van der Waals surface area contributed by atoms with Crippen LogP contribution >= 0.6 is 11.8 Å². The average Bonchev–Trinajstić information content (AvgIpc) is 3.95. The Balaban J connectivity index is 1.14. The lowest BCUT2D eigenvalue weighted by Gasteiger charge is -2.40. The number of thioether (sulfide) groups is 1. The van der Waals surface area contributed by atoms with Crippen molar-refractivity contribution in [3.8, 4) is 23.0 Å². The molecular formula is C44H56F3N7O8S. The molecule has 7 N–H and O–H groups in total. The second kappa shape index (κ2) is 22.4. The van der Waals surface area contributed by atoms with Crippen LogP contribution in [0, 0.1) is 23.5 Å². The smallest absolute Gasteiger partial charge is 0.407 e. The van der Waals surface area contributed by atoms with Crippen molar-refractivity contribution in [2.75, 3.05) is 45.1 Å². The molecule has 2 aromatic heterocycles. The van der Waals surface area contributed by atoms with Crippen LogP contribution in [0.3, 0.4) is 0 Å². The molecule has 2 aliphatic heterocycles. The van der Waals surface area contributed by atoms with Crippen LogP contribution in [0.4, 0.5) is 18.0 Å². The van der Waals surface area contributed by atoms with Crippen LogP contribution in [0.25, 0.3) is 11.3 Å². The number of amides is 2. The number of carbonyl (C=O) groups is 3. The van der Waals surface area contributed by atoms with Crippen LogP contribution in [-0.2, 0) is 32.2 Å². The van der Waals surface area contributed by atoms with E-state index in [2.05, 4.69) is 10.6 Å². The lowest BCUT2D eigenvalue weighted by Crippen LogP contribution is -2.49. The first kappa shape index (κ1) is 47.2. The first-order chi connectivity index (χ1) is 30.3. The second-order valence-electron chi connectivity index (χ2n) is 16.0. The topological polar surface area (TPSA) is 206 Å². The van der Waals surface area contributed by atoms with Gasteiger partial charge in [0.15, 0.2) is 12.0 Å². The van der Waals surface area contributed by atoms with Crippen LogP contribution in [0.5, 0.6) is 11.8 Å². The van der Waals surface area contributed by atoms with Gasteiger partial charge in [-0.15, -0.1) is 11.8 Å². The van der Waals surface area contributed by atoms with Gasteiger partial charge in [-0.25, -0.2) is 22.9 Å². The third-order valence-electron chi connectivity index (χ3n) is 11.4. The molecule has 4 heterocycles. The fourth-order valence-electron chi connectivity index (χ4n) is 8.01. The van der Waals surface area contributed by atoms with Gasteiger partial charge in [0, 0.05) is 82.0 Å². The number of imidazole rings is 1. The summed E-state index contributed by atoms with van der Waals surface area (Å²) < 4.78 is 59.7. The minimum Gasteiger partial charge on any atom is -0.494 e. The highest BCUT2D eigenvalue weighted by Gasteiger charge is 2.42. The number of hydrogen-bond acceptors (Lipinski definition) is 11. The molecule has 2 saturated heterocycles. The van der Waals surface area contributed by atoms with Gasteiger partial charge in [0.25, 0.3) is 5.91 Å². The van der Waals surface area contributed by atoms with Crippen LogP contribution in [0.15, 0.2) is 65.7 Å². The van der Waals surface area contributed by atoms with E-state index in [9.17, 15) is 29.0 Å². The fourth-order valence-corrected chi connectivity index (χ4v) is 8.94. The predicted molar refractivity (Wildman–Crippen MR) is 229 cm³/mol. The molecule has 63 heavy (non-hydrogen) atoms. The van der Waals surface area contributed by atoms with Crippen molar-refractivity contribution < 1.29 is 52.3 Å². The van der Waals surface area contributed by atoms with Gasteiger partial charge in [-0.3, -0.25) is 14.2 Å². The van der Waals surface area contributed by atoms with Crippen molar-refractivity contribution in [3.63, 3.8) is 0 Å². The molecule has 4 aromatic rings. The van der Waals surface area contributed by atoms with Crippen molar-refractivity contribution >= 4 is 29.7 Å². The summed E-state index contributed by atoms with van der Waals surface area (Å²) >= 11 is 1.03. The number of alkyl carbamates (subject to hydrolysis) is 1. The van der Waals surface area contributed by atoms with E-state index in [1.165, 1.54) is 17.6 Å². The van der Waals surface area contributed by atoms with E-state index in [1.54, 1.807) is 11.1 Å². The minimum absolute atomic E-state index is 0.0201. The zero-order chi connectivity index (χ0) is 45.0. The molecule has 0 spiro atoms. The molecule has 2 fully saturated rings. The number of aromatic nitrogens is 3. The maximum Gasteiger partial charge on any atom is 0.407 e. The third-order valence-corrected chi connectivity index (χ3v) is 12.6. The predicted octanol–water partition coefficient (Wildman–Crippen LogP) is 5.82. The number of unbranched alkanes of at least 4 members (excludes halogenated alkanes) is 3. The number of carboxylic acid groups (broad SMARTS) is 1. The summed E-state index contributed by atoms with van der Waals surface area (Å²) in [5.41, 5.74) is 6.56. The molecule has 0 bridgehead atoms. The van der Waals surface area contributed by atoms with Crippen molar-refractivity contribution in [1.82, 2.24) is 29.7 Å². The number of ether oxygens (including phenoxy) is 2. The van der Waals surface area contributed by atoms with Crippen molar-refractivity contribution in [2.24, 2.45) is 17.6 Å². The Bertz CT molecular complexity index is 2150. The van der Waals surface area contributed by atoms with Gasteiger partial charge < -0.3 is 50.6 Å². The van der Waals surface area contributed by atoms with Crippen molar-refractivity contribution in [1.29, 1.82) is 0 Å². The van der Waals surface area contributed by atoms with Crippen LogP contribution in [0.1, 0.15) is 62.9 Å². The van der Waals surface area contributed by atoms with E-state index in [1.807, 2.05) is 34.9 Å². The van der Waals surface area contributed by atoms with Crippen molar-refractivity contribution in [2.45, 2.75) is 87.8 Å². The second-order valence-corrected chi connectivity index (χ2v) is 17.1. The zero-order valence-corrected chi connectivity index (χ0v) is 36.0. The van der Waals surface area contributed by atoms with Crippen LogP contribution < -0.4 is 16.4 Å². The van der Waals surface area contributed by atoms with Gasteiger partial charge in [0.2, 0.25) is 5.88 Å². The number of nitrogens with zero attached hydrogens (tertiary/aromatic N) is 4. The van der Waals surface area contributed by atoms with Crippen molar-refractivity contribution in [3.05, 3.63) is 83.8 Å². The van der Waals surface area contributed by atoms with E-state index in [-0.39, 0.29) is 60.9 Å². The molecule has 0 radical (unpaired) electrons. The summed E-state index contributed by atoms with van der Waals surface area (Å²) in [5.74, 6) is -3.75. The van der Waals surface area contributed by atoms with E-state index >= 15 is 8.78 Å². The lowest BCUT2D eigenvalue weighted by atomic mass is 9.88. The number of aromatic hydroxyl groups is 2. The van der Waals surface area contributed by atoms with Gasteiger partial charge in [-0.1, -0.05) is 43.2 Å². The largest absolute Gasteiger partial charge is 0.494 e. The summed E-state index contributed by atoms with van der Waals surface area (Å²) in [6.07, 6.45) is 1.90. The molecule has 342 valence electrons. The van der Waals surface area contributed by atoms with Crippen LogP contribution in [-0.4, -0.2) is 116 Å². The van der Waals surface area contributed by atoms with Gasteiger partial charge in [-0.2, -0.15) is 0 Å². The molecule has 19 heteroatoms. The molecule has 0 saturated carbocycles. The standard InChI is InChI=1S/C44H56F3N7O8S/c1-27(62-44(60)50-15-7-2-3-8-16-53-38(55)20-37(42(53)57)63-26-35(48)43(58)59)41(56)54(24-30-21-49-22-34(30)47)39(29-13-17-61-18-14-29)40-51-36(32-19-31(45)11-12-33(32)46)25-52(40)23-28-9-5-4-6-10-28/h4-6,9-12,19-20,25,27,29-30,34-35,39,49,55,57H,2-3,7-8,13-18,21-24,26,48H2,1H3,(H,50,60)(H,58,59). The van der Waals surface area contributed by atoms with Gasteiger partial charge in [0.1, 0.15) is 29.7 Å². The highest BCUT2D eigenvalue weighted by molar-refractivity contribution is 7.99. The Labute approximate surface area is 368 Å². The Morgan fingerprint density at radius 2 is 1.81 bits per heavy atom. The third kappa shape index (κ3) is 12.5. The molecule has 5 atom stereocenters. The van der Waals surface area contributed by atoms with E-state index < -0.39 is 59.9 Å². The molecule has 2 amide bonds. The normalized spacial score (nSPS) is 18.2. The number of nitrogens with two attached hydrogens (primary N) is 1. The Morgan fingerprint density at radius 3 is 2.52 bits per heavy atom. The number of rotatable bonds is 21. The summed E-state index contributed by atoms with van der Waals surface area (Å²) in [4.78, 5) is 45.6. The Hall–Kier alpha value is -5.24. The molecular weight excluding hydrogens is 844 g/mol.